The molecule has 4 rings (SSSR count). The number of rotatable bonds is 3. The van der Waals surface area contributed by atoms with E-state index in [1.54, 1.807) is 17.0 Å². The first kappa shape index (κ1) is 25.5. The molecular formula is C26H31F3N4O. The molecule has 8 heteroatoms. The largest absolute Gasteiger partial charge is 0.327 e. The lowest BCUT2D eigenvalue weighted by atomic mass is 9.98. The maximum atomic E-state index is 13.8. The molecular weight excluding hydrogens is 441 g/mol. The van der Waals surface area contributed by atoms with Gasteiger partial charge in [0.05, 0.1) is 17.8 Å². The van der Waals surface area contributed by atoms with E-state index in [9.17, 15) is 18.0 Å². The van der Waals surface area contributed by atoms with Crippen LogP contribution < -0.4 is 5.73 Å². The first-order chi connectivity index (χ1) is 15.9. The number of aromatic nitrogens is 2. The predicted octanol–water partition coefficient (Wildman–Crippen LogP) is 5.12. The summed E-state index contributed by atoms with van der Waals surface area (Å²) in [6.07, 6.45) is 0. The van der Waals surface area contributed by atoms with Crippen molar-refractivity contribution >= 4 is 5.91 Å². The minimum Gasteiger partial charge on any atom is -0.327 e. The van der Waals surface area contributed by atoms with Crippen LogP contribution in [0.2, 0.25) is 0 Å². The van der Waals surface area contributed by atoms with Crippen LogP contribution in [0.25, 0.3) is 11.3 Å². The van der Waals surface area contributed by atoms with E-state index in [2.05, 4.69) is 4.57 Å². The number of halogens is 3. The van der Waals surface area contributed by atoms with Gasteiger partial charge in [-0.05, 0) is 51.0 Å². The maximum Gasteiger partial charge on any atom is 0.237 e. The average Bonchev–Trinajstić information content (AvgIpc) is 3.17. The Labute approximate surface area is 198 Å². The van der Waals surface area contributed by atoms with Crippen LogP contribution >= 0.6 is 0 Å². The number of hydrogen-bond acceptors (Lipinski definition) is 3. The van der Waals surface area contributed by atoms with Crippen molar-refractivity contribution in [1.29, 1.82) is 0 Å². The van der Waals surface area contributed by atoms with Crippen LogP contribution in [0.15, 0.2) is 42.5 Å². The zero-order valence-corrected chi connectivity index (χ0v) is 20.2. The Balaban J connectivity index is 0.000000343. The van der Waals surface area contributed by atoms with Gasteiger partial charge in [0, 0.05) is 30.4 Å². The Morgan fingerprint density at radius 1 is 1.03 bits per heavy atom. The van der Waals surface area contributed by atoms with E-state index in [0.717, 1.165) is 17.3 Å². The van der Waals surface area contributed by atoms with E-state index in [1.165, 1.54) is 24.3 Å². The predicted molar refractivity (Wildman–Crippen MR) is 127 cm³/mol. The molecule has 0 spiro atoms. The van der Waals surface area contributed by atoms with Crippen molar-refractivity contribution in [2.45, 2.75) is 52.6 Å². The zero-order valence-electron chi connectivity index (χ0n) is 20.2. The van der Waals surface area contributed by atoms with Crippen molar-refractivity contribution in [1.82, 2.24) is 14.5 Å². The fraction of sp³-hybridized carbons (Fsp3) is 0.385. The monoisotopic (exact) mass is 472 g/mol. The van der Waals surface area contributed by atoms with Crippen molar-refractivity contribution in [3.05, 3.63) is 77.0 Å². The van der Waals surface area contributed by atoms with Crippen molar-refractivity contribution < 1.29 is 18.0 Å². The van der Waals surface area contributed by atoms with Crippen molar-refractivity contribution in [2.24, 2.45) is 5.73 Å². The molecule has 2 heterocycles. The van der Waals surface area contributed by atoms with Crippen LogP contribution in [-0.4, -0.2) is 33.4 Å². The molecule has 1 amide bonds. The van der Waals surface area contributed by atoms with Crippen molar-refractivity contribution in [3.8, 4) is 11.3 Å². The lowest BCUT2D eigenvalue weighted by Crippen LogP contribution is -2.53. The molecule has 2 N–H and O–H groups in total. The zero-order chi connectivity index (χ0) is 25.2. The lowest BCUT2D eigenvalue weighted by Gasteiger charge is -2.42. The molecule has 0 saturated carbocycles. The summed E-state index contributed by atoms with van der Waals surface area (Å²) in [6, 6.07) is 9.83. The van der Waals surface area contributed by atoms with Gasteiger partial charge >= 0.3 is 0 Å². The van der Waals surface area contributed by atoms with E-state index in [0.29, 0.717) is 30.2 Å². The number of hydrogen-bond donors (Lipinski definition) is 1. The van der Waals surface area contributed by atoms with Gasteiger partial charge in [-0.2, -0.15) is 0 Å². The van der Waals surface area contributed by atoms with Crippen LogP contribution in [0, 0.1) is 24.4 Å². The fourth-order valence-corrected chi connectivity index (χ4v) is 4.33. The molecule has 182 valence electrons. The highest BCUT2D eigenvalue weighted by Gasteiger charge is 2.41. The van der Waals surface area contributed by atoms with E-state index in [4.69, 9.17) is 10.7 Å². The van der Waals surface area contributed by atoms with Gasteiger partial charge in [0.15, 0.2) is 0 Å². The third-order valence-corrected chi connectivity index (χ3v) is 5.95. The maximum absolute atomic E-state index is 13.8. The summed E-state index contributed by atoms with van der Waals surface area (Å²) in [5.41, 5.74) is 7.85. The van der Waals surface area contributed by atoms with Gasteiger partial charge < -0.3 is 15.2 Å². The second-order valence-corrected chi connectivity index (χ2v) is 9.24. The number of carbonyl (C=O) groups excluding carboxylic acids is 1. The topological polar surface area (TPSA) is 64.2 Å². The van der Waals surface area contributed by atoms with Gasteiger partial charge in [0.25, 0.3) is 0 Å². The van der Waals surface area contributed by atoms with E-state index >= 15 is 0 Å². The first-order valence-electron chi connectivity index (χ1n) is 11.3. The minimum absolute atomic E-state index is 0.0663. The second-order valence-electron chi connectivity index (χ2n) is 9.24. The Bertz CT molecular complexity index is 1130. The summed E-state index contributed by atoms with van der Waals surface area (Å²) in [4.78, 5) is 18.7. The van der Waals surface area contributed by atoms with Gasteiger partial charge in [0.1, 0.15) is 23.3 Å². The Hall–Kier alpha value is -3.13. The third-order valence-electron chi connectivity index (χ3n) is 5.95. The number of fused-ring (bicyclic) bond motifs is 1. The highest BCUT2D eigenvalue weighted by molar-refractivity contribution is 5.79. The number of nitrogens with two attached hydrogens (primary N) is 1. The number of amides is 1. The van der Waals surface area contributed by atoms with Crippen LogP contribution in [0.3, 0.4) is 0 Å². The van der Waals surface area contributed by atoms with Crippen LogP contribution in [-0.2, 0) is 16.9 Å². The van der Waals surface area contributed by atoms with Gasteiger partial charge in [0.2, 0.25) is 5.91 Å². The Morgan fingerprint density at radius 2 is 1.62 bits per heavy atom. The first-order valence-corrected chi connectivity index (χ1v) is 11.3. The average molecular weight is 473 g/mol. The quantitative estimate of drug-likeness (QED) is 0.575. The highest BCUT2D eigenvalue weighted by Crippen LogP contribution is 2.38. The molecule has 3 aromatic rings. The fourth-order valence-electron chi connectivity index (χ4n) is 4.33. The smallest absolute Gasteiger partial charge is 0.237 e. The number of carbonyl (C=O) groups is 1. The molecule has 1 aromatic heterocycles. The minimum atomic E-state index is -0.664. The van der Waals surface area contributed by atoms with Gasteiger partial charge in [-0.3, -0.25) is 4.79 Å². The number of benzene rings is 2. The Morgan fingerprint density at radius 3 is 2.12 bits per heavy atom. The van der Waals surface area contributed by atoms with Gasteiger partial charge in [-0.1, -0.05) is 31.5 Å². The molecule has 1 aliphatic heterocycles. The van der Waals surface area contributed by atoms with Crippen LogP contribution in [0.4, 0.5) is 13.2 Å². The molecule has 34 heavy (non-hydrogen) atoms. The van der Waals surface area contributed by atoms with Crippen LogP contribution in [0.5, 0.6) is 0 Å². The number of imidazole rings is 1. The standard InChI is InChI=1S/C19H24F2N4O.C7H7F/c1-11(2)17-16(12-7-13(20)9-14(21)8-12)23-18-19(3,4)25(15(26)10-22)6-5-24(17)18;1-6-2-4-7(8)5-3-6/h7-9,11H,5-6,10,22H2,1-4H3;2-5H,1H3. The van der Waals surface area contributed by atoms with Gasteiger partial charge in [-0.15, -0.1) is 0 Å². The summed E-state index contributed by atoms with van der Waals surface area (Å²) in [7, 11) is 0. The second kappa shape index (κ2) is 10.0. The summed E-state index contributed by atoms with van der Waals surface area (Å²) in [6.45, 7) is 10.8. The van der Waals surface area contributed by atoms with E-state index in [-0.39, 0.29) is 24.2 Å². The normalized spacial score (nSPS) is 14.5. The summed E-state index contributed by atoms with van der Waals surface area (Å²) < 4.78 is 41.7. The molecule has 0 radical (unpaired) electrons. The SMILES string of the molecule is CC(C)c1c(-c2cc(F)cc(F)c2)nc2n1CCN(C(=O)CN)C2(C)C.Cc1ccc(F)cc1. The lowest BCUT2D eigenvalue weighted by molar-refractivity contribution is -0.137. The molecule has 0 bridgehead atoms. The summed E-state index contributed by atoms with van der Waals surface area (Å²) >= 11 is 0. The molecule has 5 nitrogen and oxygen atoms in total. The van der Waals surface area contributed by atoms with E-state index < -0.39 is 17.2 Å². The third kappa shape index (κ3) is 5.17. The highest BCUT2D eigenvalue weighted by atomic mass is 19.1. The Kier molecular flexibility index (Phi) is 7.51. The molecule has 0 atom stereocenters. The summed E-state index contributed by atoms with van der Waals surface area (Å²) in [5.74, 6) is -0.789. The van der Waals surface area contributed by atoms with Gasteiger partial charge in [-0.25, -0.2) is 18.2 Å². The molecule has 2 aromatic carbocycles. The number of nitrogens with zero attached hydrogens (tertiary/aromatic N) is 3. The van der Waals surface area contributed by atoms with Crippen molar-refractivity contribution in [2.75, 3.05) is 13.1 Å². The molecule has 0 fully saturated rings. The molecule has 0 unspecified atom stereocenters. The van der Waals surface area contributed by atoms with Crippen molar-refractivity contribution in [3.63, 3.8) is 0 Å². The van der Waals surface area contributed by atoms with E-state index in [1.807, 2.05) is 34.6 Å². The van der Waals surface area contributed by atoms with Crippen LogP contribution in [0.1, 0.15) is 50.7 Å². The number of aryl methyl sites for hydroxylation is 1. The molecule has 1 aliphatic rings. The molecule has 0 saturated heterocycles. The molecule has 0 aliphatic carbocycles. The summed E-state index contributed by atoms with van der Waals surface area (Å²) in [5, 5.41) is 0.